The highest BCUT2D eigenvalue weighted by Gasteiger charge is 2.12. The molecule has 0 aromatic carbocycles. The standard InChI is InChI=1S/C9H17N3O2S/c1-3-15(13,14)7-8(2)10-6-9-4-5-11-12-9/h4-5,8,10H,3,6-7H2,1-2H3,(H,11,12). The topological polar surface area (TPSA) is 74.8 Å². The van der Waals surface area contributed by atoms with Crippen LogP contribution in [0.3, 0.4) is 0 Å². The molecule has 0 aliphatic heterocycles. The lowest BCUT2D eigenvalue weighted by Gasteiger charge is -2.12. The van der Waals surface area contributed by atoms with Crippen LogP contribution in [-0.4, -0.2) is 36.2 Å². The average Bonchev–Trinajstić information content (AvgIpc) is 2.66. The summed E-state index contributed by atoms with van der Waals surface area (Å²) in [6.45, 7) is 4.14. The van der Waals surface area contributed by atoms with Gasteiger partial charge in [0.05, 0.1) is 5.75 Å². The summed E-state index contributed by atoms with van der Waals surface area (Å²) < 4.78 is 22.6. The summed E-state index contributed by atoms with van der Waals surface area (Å²) in [6.07, 6.45) is 1.67. The van der Waals surface area contributed by atoms with Gasteiger partial charge in [0, 0.05) is 30.2 Å². The molecule has 1 unspecified atom stereocenters. The number of nitrogens with zero attached hydrogens (tertiary/aromatic N) is 1. The van der Waals surface area contributed by atoms with Gasteiger partial charge < -0.3 is 5.32 Å². The number of nitrogens with one attached hydrogen (secondary N) is 2. The van der Waals surface area contributed by atoms with E-state index in [0.29, 0.717) is 6.54 Å². The van der Waals surface area contributed by atoms with Crippen LogP contribution >= 0.6 is 0 Å². The van der Waals surface area contributed by atoms with E-state index in [1.54, 1.807) is 13.1 Å². The third-order valence-corrected chi connectivity index (χ3v) is 4.03. The maximum Gasteiger partial charge on any atom is 0.151 e. The van der Waals surface area contributed by atoms with Crippen molar-refractivity contribution in [3.8, 4) is 0 Å². The highest BCUT2D eigenvalue weighted by molar-refractivity contribution is 7.91. The van der Waals surface area contributed by atoms with Crippen LogP contribution in [0.25, 0.3) is 0 Å². The molecule has 0 amide bonds. The van der Waals surface area contributed by atoms with Crippen LogP contribution in [0.5, 0.6) is 0 Å². The second-order valence-electron chi connectivity index (χ2n) is 3.56. The molecule has 1 atom stereocenters. The van der Waals surface area contributed by atoms with Crippen LogP contribution in [0.2, 0.25) is 0 Å². The number of hydrogen-bond acceptors (Lipinski definition) is 4. The van der Waals surface area contributed by atoms with E-state index in [1.807, 2.05) is 13.0 Å². The molecule has 0 saturated carbocycles. The Kier molecular flexibility index (Phi) is 4.28. The number of hydrogen-bond donors (Lipinski definition) is 2. The predicted molar refractivity (Wildman–Crippen MR) is 59.2 cm³/mol. The second-order valence-corrected chi connectivity index (χ2v) is 5.96. The monoisotopic (exact) mass is 231 g/mol. The van der Waals surface area contributed by atoms with Gasteiger partial charge in [-0.05, 0) is 13.0 Å². The smallest absolute Gasteiger partial charge is 0.151 e. The van der Waals surface area contributed by atoms with Gasteiger partial charge in [-0.15, -0.1) is 0 Å². The summed E-state index contributed by atoms with van der Waals surface area (Å²) in [5, 5.41) is 9.74. The normalized spacial score (nSPS) is 14.0. The summed E-state index contributed by atoms with van der Waals surface area (Å²) in [6, 6.07) is 1.81. The molecule has 0 fully saturated rings. The minimum atomic E-state index is -2.90. The molecular formula is C9H17N3O2S. The molecule has 1 rings (SSSR count). The van der Waals surface area contributed by atoms with Crippen molar-refractivity contribution in [2.24, 2.45) is 0 Å². The lowest BCUT2D eigenvalue weighted by molar-refractivity contribution is 0.553. The minimum absolute atomic E-state index is 0.0433. The maximum absolute atomic E-state index is 11.3. The van der Waals surface area contributed by atoms with E-state index in [4.69, 9.17) is 0 Å². The Hall–Kier alpha value is -0.880. The van der Waals surface area contributed by atoms with E-state index in [1.165, 1.54) is 0 Å². The number of aromatic amines is 1. The van der Waals surface area contributed by atoms with Crippen LogP contribution in [0.1, 0.15) is 19.5 Å². The molecule has 0 aliphatic carbocycles. The van der Waals surface area contributed by atoms with E-state index >= 15 is 0 Å². The van der Waals surface area contributed by atoms with Crippen molar-refractivity contribution in [3.05, 3.63) is 18.0 Å². The first kappa shape index (κ1) is 12.2. The zero-order valence-corrected chi connectivity index (χ0v) is 9.84. The number of H-pyrrole nitrogens is 1. The van der Waals surface area contributed by atoms with E-state index in [0.717, 1.165) is 5.69 Å². The maximum atomic E-state index is 11.3. The Balaban J connectivity index is 2.34. The molecule has 15 heavy (non-hydrogen) atoms. The van der Waals surface area contributed by atoms with Gasteiger partial charge in [0.15, 0.2) is 9.84 Å². The van der Waals surface area contributed by atoms with Gasteiger partial charge in [0.1, 0.15) is 0 Å². The molecule has 0 spiro atoms. The quantitative estimate of drug-likeness (QED) is 0.739. The molecular weight excluding hydrogens is 214 g/mol. The van der Waals surface area contributed by atoms with Crippen molar-refractivity contribution < 1.29 is 8.42 Å². The van der Waals surface area contributed by atoms with E-state index in [9.17, 15) is 8.42 Å². The predicted octanol–water partition coefficient (Wildman–Crippen LogP) is 0.322. The number of rotatable bonds is 6. The van der Waals surface area contributed by atoms with Gasteiger partial charge in [-0.1, -0.05) is 6.92 Å². The van der Waals surface area contributed by atoms with Gasteiger partial charge >= 0.3 is 0 Å². The van der Waals surface area contributed by atoms with Crippen molar-refractivity contribution >= 4 is 9.84 Å². The number of sulfone groups is 1. The third-order valence-electron chi connectivity index (χ3n) is 2.14. The zero-order chi connectivity index (χ0) is 11.3. The highest BCUT2D eigenvalue weighted by atomic mass is 32.2. The Morgan fingerprint density at radius 1 is 1.60 bits per heavy atom. The van der Waals surface area contributed by atoms with Gasteiger partial charge in [-0.2, -0.15) is 5.10 Å². The van der Waals surface area contributed by atoms with Crippen molar-refractivity contribution in [3.63, 3.8) is 0 Å². The van der Waals surface area contributed by atoms with Crippen LogP contribution in [0, 0.1) is 0 Å². The Morgan fingerprint density at radius 2 is 2.33 bits per heavy atom. The highest BCUT2D eigenvalue weighted by Crippen LogP contribution is 1.96. The molecule has 86 valence electrons. The molecule has 2 N–H and O–H groups in total. The fourth-order valence-electron chi connectivity index (χ4n) is 1.23. The van der Waals surface area contributed by atoms with Crippen molar-refractivity contribution in [2.45, 2.75) is 26.4 Å². The molecule has 1 aromatic rings. The second kappa shape index (κ2) is 5.27. The van der Waals surface area contributed by atoms with E-state index in [-0.39, 0.29) is 17.5 Å². The van der Waals surface area contributed by atoms with Gasteiger partial charge in [0.25, 0.3) is 0 Å². The van der Waals surface area contributed by atoms with Crippen LogP contribution < -0.4 is 5.32 Å². The summed E-state index contributed by atoms with van der Waals surface area (Å²) in [5.74, 6) is 0.376. The van der Waals surface area contributed by atoms with Crippen LogP contribution in [-0.2, 0) is 16.4 Å². The van der Waals surface area contributed by atoms with Crippen LogP contribution in [0.4, 0.5) is 0 Å². The molecule has 1 aromatic heterocycles. The minimum Gasteiger partial charge on any atom is -0.308 e. The van der Waals surface area contributed by atoms with Crippen molar-refractivity contribution in [1.29, 1.82) is 0 Å². The molecule has 0 radical (unpaired) electrons. The zero-order valence-electron chi connectivity index (χ0n) is 9.03. The first-order valence-electron chi connectivity index (χ1n) is 4.95. The first-order chi connectivity index (χ1) is 7.03. The lowest BCUT2D eigenvalue weighted by atomic mass is 10.3. The SMILES string of the molecule is CCS(=O)(=O)CC(C)NCc1ccn[nH]1. The van der Waals surface area contributed by atoms with Crippen LogP contribution in [0.15, 0.2) is 12.3 Å². The largest absolute Gasteiger partial charge is 0.308 e. The summed E-state index contributed by atoms with van der Waals surface area (Å²) in [7, 11) is -2.90. The first-order valence-corrected chi connectivity index (χ1v) is 6.77. The van der Waals surface area contributed by atoms with E-state index < -0.39 is 9.84 Å². The Morgan fingerprint density at radius 3 is 2.87 bits per heavy atom. The summed E-state index contributed by atoms with van der Waals surface area (Å²) in [4.78, 5) is 0. The van der Waals surface area contributed by atoms with Crippen molar-refractivity contribution in [1.82, 2.24) is 15.5 Å². The molecule has 0 saturated heterocycles. The van der Waals surface area contributed by atoms with Crippen molar-refractivity contribution in [2.75, 3.05) is 11.5 Å². The molecule has 0 aliphatic rings. The Bertz CT molecular complexity index is 372. The number of aromatic nitrogens is 2. The van der Waals surface area contributed by atoms with Gasteiger partial charge in [-0.25, -0.2) is 8.42 Å². The molecule has 0 bridgehead atoms. The molecule has 1 heterocycles. The van der Waals surface area contributed by atoms with Gasteiger partial charge in [0.2, 0.25) is 0 Å². The molecule has 6 heteroatoms. The fourth-order valence-corrected chi connectivity index (χ4v) is 2.34. The van der Waals surface area contributed by atoms with E-state index in [2.05, 4.69) is 15.5 Å². The average molecular weight is 231 g/mol. The molecule has 5 nitrogen and oxygen atoms in total. The van der Waals surface area contributed by atoms with Gasteiger partial charge in [-0.3, -0.25) is 5.10 Å². The lowest BCUT2D eigenvalue weighted by Crippen LogP contribution is -2.33. The third kappa shape index (κ3) is 4.44. The Labute approximate surface area is 90.2 Å². The fraction of sp³-hybridized carbons (Fsp3) is 0.667. The summed E-state index contributed by atoms with van der Waals surface area (Å²) in [5.41, 5.74) is 0.954. The summed E-state index contributed by atoms with van der Waals surface area (Å²) >= 11 is 0.